The maximum Gasteiger partial charge on any atom is 0.164 e. The first-order valence-corrected chi connectivity index (χ1v) is 17.1. The normalized spacial score (nSPS) is 11.5. The van der Waals surface area contributed by atoms with E-state index in [-0.39, 0.29) is 0 Å². The molecule has 4 nitrogen and oxygen atoms in total. The molecule has 0 spiro atoms. The van der Waals surface area contributed by atoms with Gasteiger partial charge >= 0.3 is 0 Å². The zero-order valence-electron chi connectivity index (χ0n) is 27.5. The van der Waals surface area contributed by atoms with Crippen molar-refractivity contribution in [3.63, 3.8) is 0 Å². The van der Waals surface area contributed by atoms with Crippen LogP contribution in [0.2, 0.25) is 0 Å². The summed E-state index contributed by atoms with van der Waals surface area (Å²) in [7, 11) is 0. The predicted octanol–water partition coefficient (Wildman–Crippen LogP) is 12.4. The Balaban J connectivity index is 1.10. The van der Waals surface area contributed by atoms with Crippen molar-refractivity contribution < 1.29 is 4.42 Å². The molecule has 0 saturated carbocycles. The smallest absolute Gasteiger partial charge is 0.164 e. The van der Waals surface area contributed by atoms with Gasteiger partial charge in [0.1, 0.15) is 11.2 Å². The standard InChI is InChI=1S/C47H29N3O/c1-3-12-33(13-4-1)45-48-46(34-14-5-2-6-15-34)50-47(49-45)42-29-41-39-26-25-37(28-43(39)51-44(41)40-18-10-9-17-38(40)42)32-21-19-31(20-22-32)36-24-23-30-11-7-8-16-35(30)27-36/h1-29H. The van der Waals surface area contributed by atoms with Gasteiger partial charge in [0.2, 0.25) is 0 Å². The number of rotatable bonds is 5. The Morgan fingerprint density at radius 2 is 0.843 bits per heavy atom. The predicted molar refractivity (Wildman–Crippen MR) is 209 cm³/mol. The van der Waals surface area contributed by atoms with Gasteiger partial charge in [0.15, 0.2) is 17.5 Å². The Kier molecular flexibility index (Phi) is 6.78. The van der Waals surface area contributed by atoms with E-state index in [1.54, 1.807) is 0 Å². The molecule has 238 valence electrons. The monoisotopic (exact) mass is 651 g/mol. The van der Waals surface area contributed by atoms with Gasteiger partial charge in [-0.1, -0.05) is 152 Å². The van der Waals surface area contributed by atoms with Crippen LogP contribution in [-0.2, 0) is 0 Å². The molecule has 0 fully saturated rings. The summed E-state index contributed by atoms with van der Waals surface area (Å²) in [5.74, 6) is 1.90. The Morgan fingerprint density at radius 1 is 0.314 bits per heavy atom. The minimum Gasteiger partial charge on any atom is -0.455 e. The summed E-state index contributed by atoms with van der Waals surface area (Å²) < 4.78 is 6.69. The van der Waals surface area contributed by atoms with Crippen molar-refractivity contribution in [3.8, 4) is 56.4 Å². The molecule has 0 atom stereocenters. The third-order valence-electron chi connectivity index (χ3n) is 9.72. The molecule has 0 aliphatic heterocycles. The van der Waals surface area contributed by atoms with Gasteiger partial charge in [-0.2, -0.15) is 0 Å². The molecule has 10 aromatic rings. The summed E-state index contributed by atoms with van der Waals surface area (Å²) in [4.78, 5) is 15.0. The van der Waals surface area contributed by atoms with E-state index in [0.29, 0.717) is 17.5 Å². The molecular formula is C47H29N3O. The Morgan fingerprint density at radius 3 is 1.53 bits per heavy atom. The van der Waals surface area contributed by atoms with Crippen LogP contribution < -0.4 is 0 Å². The number of hydrogen-bond donors (Lipinski definition) is 0. The van der Waals surface area contributed by atoms with E-state index in [2.05, 4.69) is 115 Å². The van der Waals surface area contributed by atoms with Crippen LogP contribution in [0, 0.1) is 0 Å². The average Bonchev–Trinajstić information content (AvgIpc) is 3.59. The second kappa shape index (κ2) is 11.9. The average molecular weight is 652 g/mol. The summed E-state index contributed by atoms with van der Waals surface area (Å²) in [6.07, 6.45) is 0. The number of benzene rings is 8. The maximum absolute atomic E-state index is 6.69. The maximum atomic E-state index is 6.69. The van der Waals surface area contributed by atoms with E-state index < -0.39 is 0 Å². The molecule has 0 aliphatic carbocycles. The van der Waals surface area contributed by atoms with Crippen molar-refractivity contribution in [3.05, 3.63) is 176 Å². The van der Waals surface area contributed by atoms with Gasteiger partial charge in [0.05, 0.1) is 0 Å². The zero-order chi connectivity index (χ0) is 33.7. The fourth-order valence-electron chi connectivity index (χ4n) is 7.12. The second-order valence-electron chi connectivity index (χ2n) is 12.8. The van der Waals surface area contributed by atoms with Gasteiger partial charge in [-0.3, -0.25) is 0 Å². The van der Waals surface area contributed by atoms with Crippen molar-refractivity contribution >= 4 is 43.5 Å². The third-order valence-corrected chi connectivity index (χ3v) is 9.72. The molecule has 0 aliphatic rings. The van der Waals surface area contributed by atoms with E-state index >= 15 is 0 Å². The van der Waals surface area contributed by atoms with Crippen LogP contribution in [-0.4, -0.2) is 15.0 Å². The minimum absolute atomic E-state index is 0.623. The molecule has 8 aromatic carbocycles. The molecule has 0 amide bonds. The summed E-state index contributed by atoms with van der Waals surface area (Å²) in [6, 6.07) is 61.1. The fourth-order valence-corrected chi connectivity index (χ4v) is 7.12. The third kappa shape index (κ3) is 5.13. The molecule has 2 aromatic heterocycles. The lowest BCUT2D eigenvalue weighted by atomic mass is 9.97. The number of nitrogens with zero attached hydrogens (tertiary/aromatic N) is 3. The van der Waals surface area contributed by atoms with Crippen LogP contribution in [0.3, 0.4) is 0 Å². The first-order valence-electron chi connectivity index (χ1n) is 17.1. The van der Waals surface area contributed by atoms with Gasteiger partial charge in [-0.05, 0) is 62.7 Å². The van der Waals surface area contributed by atoms with Gasteiger partial charge in [0.25, 0.3) is 0 Å². The molecule has 0 unspecified atom stereocenters. The number of aromatic nitrogens is 3. The summed E-state index contributed by atoms with van der Waals surface area (Å²) in [6.45, 7) is 0. The van der Waals surface area contributed by atoms with E-state index in [1.807, 2.05) is 60.7 Å². The lowest BCUT2D eigenvalue weighted by Gasteiger charge is -2.11. The Bertz CT molecular complexity index is 2840. The minimum atomic E-state index is 0.623. The highest BCUT2D eigenvalue weighted by atomic mass is 16.3. The van der Waals surface area contributed by atoms with Crippen molar-refractivity contribution in [2.75, 3.05) is 0 Å². The van der Waals surface area contributed by atoms with Gasteiger partial charge in [0, 0.05) is 32.8 Å². The Labute approximate surface area is 294 Å². The largest absolute Gasteiger partial charge is 0.455 e. The first kappa shape index (κ1) is 29.0. The summed E-state index contributed by atoms with van der Waals surface area (Å²) >= 11 is 0. The van der Waals surface area contributed by atoms with Crippen molar-refractivity contribution in [1.82, 2.24) is 15.0 Å². The molecule has 4 heteroatoms. The zero-order valence-corrected chi connectivity index (χ0v) is 27.5. The highest BCUT2D eigenvalue weighted by Crippen LogP contribution is 2.41. The molecule has 2 heterocycles. The van der Waals surface area contributed by atoms with Crippen LogP contribution in [0.15, 0.2) is 180 Å². The van der Waals surface area contributed by atoms with E-state index in [9.17, 15) is 0 Å². The molecular weight excluding hydrogens is 623 g/mol. The van der Waals surface area contributed by atoms with Crippen LogP contribution in [0.1, 0.15) is 0 Å². The van der Waals surface area contributed by atoms with Crippen molar-refractivity contribution in [1.29, 1.82) is 0 Å². The van der Waals surface area contributed by atoms with Crippen LogP contribution >= 0.6 is 0 Å². The first-order chi connectivity index (χ1) is 25.2. The van der Waals surface area contributed by atoms with Crippen LogP contribution in [0.25, 0.3) is 99.9 Å². The molecule has 10 rings (SSSR count). The molecule has 0 radical (unpaired) electrons. The second-order valence-corrected chi connectivity index (χ2v) is 12.8. The van der Waals surface area contributed by atoms with E-state index in [4.69, 9.17) is 19.4 Å². The lowest BCUT2D eigenvalue weighted by Crippen LogP contribution is -2.00. The van der Waals surface area contributed by atoms with Crippen LogP contribution in [0.4, 0.5) is 0 Å². The SMILES string of the molecule is c1ccc(-c2nc(-c3ccccc3)nc(-c3cc4c5ccc(-c6ccc(-c7ccc8ccccc8c7)cc6)cc5oc4c4ccccc34)n2)cc1. The number of furan rings is 1. The highest BCUT2D eigenvalue weighted by molar-refractivity contribution is 6.19. The van der Waals surface area contributed by atoms with E-state index in [1.165, 1.54) is 21.9 Å². The number of fused-ring (bicyclic) bond motifs is 6. The molecule has 0 saturated heterocycles. The lowest BCUT2D eigenvalue weighted by molar-refractivity contribution is 0.673. The van der Waals surface area contributed by atoms with Gasteiger partial charge in [-0.15, -0.1) is 0 Å². The summed E-state index contributed by atoms with van der Waals surface area (Å²) in [5, 5.41) is 6.62. The van der Waals surface area contributed by atoms with Gasteiger partial charge < -0.3 is 4.42 Å². The van der Waals surface area contributed by atoms with E-state index in [0.717, 1.165) is 60.5 Å². The topological polar surface area (TPSA) is 51.8 Å². The highest BCUT2D eigenvalue weighted by Gasteiger charge is 2.19. The number of hydrogen-bond acceptors (Lipinski definition) is 4. The molecule has 51 heavy (non-hydrogen) atoms. The Hall–Kier alpha value is -6.91. The van der Waals surface area contributed by atoms with Crippen LogP contribution in [0.5, 0.6) is 0 Å². The molecule has 0 bridgehead atoms. The quantitative estimate of drug-likeness (QED) is 0.186. The summed E-state index contributed by atoms with van der Waals surface area (Å²) in [5.41, 5.74) is 9.16. The van der Waals surface area contributed by atoms with Crippen molar-refractivity contribution in [2.45, 2.75) is 0 Å². The van der Waals surface area contributed by atoms with Crippen molar-refractivity contribution in [2.24, 2.45) is 0 Å². The fraction of sp³-hybridized carbons (Fsp3) is 0. The molecule has 0 N–H and O–H groups in total. The van der Waals surface area contributed by atoms with Gasteiger partial charge in [-0.25, -0.2) is 15.0 Å².